The van der Waals surface area contributed by atoms with Crippen molar-refractivity contribution in [2.45, 2.75) is 13.5 Å². The Balaban J connectivity index is 1.93. The van der Waals surface area contributed by atoms with Gasteiger partial charge in [-0.15, -0.1) is 0 Å². The van der Waals surface area contributed by atoms with Crippen LogP contribution in [0, 0.1) is 12.7 Å². The monoisotopic (exact) mass is 311 g/mol. The molecule has 0 radical (unpaired) electrons. The number of aliphatic hydroxyl groups is 1. The van der Waals surface area contributed by atoms with E-state index >= 15 is 0 Å². The maximum Gasteiger partial charge on any atom is 0.296 e. The number of aryl methyl sites for hydroxylation is 1. The van der Waals surface area contributed by atoms with Crippen LogP contribution in [0.3, 0.4) is 0 Å². The number of imide groups is 1. The summed E-state index contributed by atoms with van der Waals surface area (Å²) in [4.78, 5) is 25.5. The Morgan fingerprint density at radius 1 is 1.00 bits per heavy atom. The average Bonchev–Trinajstić information content (AvgIpc) is 2.74. The van der Waals surface area contributed by atoms with Gasteiger partial charge in [-0.05, 0) is 18.6 Å². The molecule has 0 atom stereocenters. The van der Waals surface area contributed by atoms with Gasteiger partial charge in [0.05, 0.1) is 12.1 Å². The normalized spacial score (nSPS) is 14.8. The van der Waals surface area contributed by atoms with Crippen molar-refractivity contribution in [1.29, 1.82) is 0 Å². The SMILES string of the molecule is Cc1ccc(C2=C(O)C(=O)N(Cc3ccccc3F)C2=O)cc1. The fourth-order valence-corrected chi connectivity index (χ4v) is 2.48. The van der Waals surface area contributed by atoms with Crippen molar-refractivity contribution in [3.05, 3.63) is 76.8 Å². The van der Waals surface area contributed by atoms with Crippen LogP contribution in [0.15, 0.2) is 54.3 Å². The largest absolute Gasteiger partial charge is 0.502 e. The summed E-state index contributed by atoms with van der Waals surface area (Å²) in [6.07, 6.45) is 0. The van der Waals surface area contributed by atoms with E-state index in [2.05, 4.69) is 0 Å². The predicted octanol–water partition coefficient (Wildman–Crippen LogP) is 2.97. The second-order valence-electron chi connectivity index (χ2n) is 5.38. The molecule has 23 heavy (non-hydrogen) atoms. The van der Waals surface area contributed by atoms with Crippen LogP contribution in [0.1, 0.15) is 16.7 Å². The lowest BCUT2D eigenvalue weighted by atomic mass is 10.0. The van der Waals surface area contributed by atoms with Gasteiger partial charge in [-0.2, -0.15) is 0 Å². The van der Waals surface area contributed by atoms with Crippen LogP contribution < -0.4 is 0 Å². The molecule has 0 spiro atoms. The fourth-order valence-electron chi connectivity index (χ4n) is 2.48. The number of carbonyl (C=O) groups is 2. The van der Waals surface area contributed by atoms with Crippen LogP contribution in [0.25, 0.3) is 5.57 Å². The molecular formula is C18H14FNO3. The van der Waals surface area contributed by atoms with E-state index in [1.165, 1.54) is 18.2 Å². The molecule has 0 aliphatic carbocycles. The number of halogens is 1. The quantitative estimate of drug-likeness (QED) is 0.887. The summed E-state index contributed by atoms with van der Waals surface area (Å²) in [7, 11) is 0. The Labute approximate surface area is 132 Å². The maximum atomic E-state index is 13.7. The number of aliphatic hydroxyl groups excluding tert-OH is 1. The zero-order valence-corrected chi connectivity index (χ0v) is 12.4. The summed E-state index contributed by atoms with van der Waals surface area (Å²) in [5, 5.41) is 10.0. The zero-order valence-electron chi connectivity index (χ0n) is 12.4. The lowest BCUT2D eigenvalue weighted by Gasteiger charge is -2.15. The molecule has 0 unspecified atom stereocenters. The maximum absolute atomic E-state index is 13.7. The third-order valence-electron chi connectivity index (χ3n) is 3.77. The molecule has 1 N–H and O–H groups in total. The second kappa shape index (κ2) is 5.68. The summed E-state index contributed by atoms with van der Waals surface area (Å²) in [5.74, 6) is -2.54. The molecule has 0 bridgehead atoms. The van der Waals surface area contributed by atoms with Crippen molar-refractivity contribution in [2.24, 2.45) is 0 Å². The molecule has 1 aliphatic heterocycles. The standard InChI is InChI=1S/C18H14FNO3/c1-11-6-8-12(9-7-11)15-16(21)18(23)20(17(15)22)10-13-4-2-3-5-14(13)19/h2-9,21H,10H2,1H3. The number of hydrogen-bond donors (Lipinski definition) is 1. The molecule has 0 fully saturated rings. The van der Waals surface area contributed by atoms with E-state index in [9.17, 15) is 19.1 Å². The van der Waals surface area contributed by atoms with E-state index < -0.39 is 23.4 Å². The Morgan fingerprint density at radius 2 is 1.65 bits per heavy atom. The molecule has 5 heteroatoms. The molecule has 2 amide bonds. The first-order valence-electron chi connectivity index (χ1n) is 7.09. The van der Waals surface area contributed by atoms with E-state index in [-0.39, 0.29) is 17.7 Å². The molecule has 116 valence electrons. The lowest BCUT2D eigenvalue weighted by Crippen LogP contribution is -2.31. The lowest BCUT2D eigenvalue weighted by molar-refractivity contribution is -0.138. The number of hydrogen-bond acceptors (Lipinski definition) is 3. The first kappa shape index (κ1) is 15.0. The number of amides is 2. The van der Waals surface area contributed by atoms with E-state index in [0.717, 1.165) is 10.5 Å². The van der Waals surface area contributed by atoms with Crippen LogP contribution in [0.2, 0.25) is 0 Å². The molecule has 4 nitrogen and oxygen atoms in total. The minimum Gasteiger partial charge on any atom is -0.502 e. The topological polar surface area (TPSA) is 57.6 Å². The smallest absolute Gasteiger partial charge is 0.296 e. The van der Waals surface area contributed by atoms with Crippen molar-refractivity contribution in [3.8, 4) is 0 Å². The van der Waals surface area contributed by atoms with Gasteiger partial charge < -0.3 is 5.11 Å². The highest BCUT2D eigenvalue weighted by atomic mass is 19.1. The summed E-state index contributed by atoms with van der Waals surface area (Å²) < 4.78 is 13.7. The highest BCUT2D eigenvalue weighted by molar-refractivity contribution is 6.34. The summed E-state index contributed by atoms with van der Waals surface area (Å²) in [6, 6.07) is 12.8. The third kappa shape index (κ3) is 2.61. The molecule has 2 aromatic rings. The van der Waals surface area contributed by atoms with Crippen molar-refractivity contribution in [2.75, 3.05) is 0 Å². The highest BCUT2D eigenvalue weighted by Gasteiger charge is 2.39. The van der Waals surface area contributed by atoms with Gasteiger partial charge in [0.1, 0.15) is 5.82 Å². The van der Waals surface area contributed by atoms with Gasteiger partial charge in [0.25, 0.3) is 11.8 Å². The molecule has 3 rings (SSSR count). The molecule has 1 heterocycles. The summed E-state index contributed by atoms with van der Waals surface area (Å²) >= 11 is 0. The number of carbonyl (C=O) groups excluding carboxylic acids is 2. The first-order chi connectivity index (χ1) is 11.0. The zero-order chi connectivity index (χ0) is 16.6. The van der Waals surface area contributed by atoms with Gasteiger partial charge >= 0.3 is 0 Å². The number of rotatable bonds is 3. The average molecular weight is 311 g/mol. The van der Waals surface area contributed by atoms with Gasteiger partial charge in [-0.25, -0.2) is 4.39 Å². The number of nitrogens with zero attached hydrogens (tertiary/aromatic N) is 1. The molecule has 1 aliphatic rings. The molecular weight excluding hydrogens is 297 g/mol. The first-order valence-corrected chi connectivity index (χ1v) is 7.09. The minimum absolute atomic E-state index is 0.0497. The van der Waals surface area contributed by atoms with Gasteiger partial charge in [0.2, 0.25) is 0 Å². The minimum atomic E-state index is -0.811. The van der Waals surface area contributed by atoms with Gasteiger partial charge in [-0.1, -0.05) is 48.0 Å². The van der Waals surface area contributed by atoms with Crippen molar-refractivity contribution < 1.29 is 19.1 Å². The van der Waals surface area contributed by atoms with E-state index in [1.54, 1.807) is 30.3 Å². The van der Waals surface area contributed by atoms with Crippen LogP contribution in [-0.4, -0.2) is 21.8 Å². The third-order valence-corrected chi connectivity index (χ3v) is 3.77. The fraction of sp³-hybridized carbons (Fsp3) is 0.111. The van der Waals surface area contributed by atoms with Crippen LogP contribution in [-0.2, 0) is 16.1 Å². The molecule has 0 saturated carbocycles. The number of benzene rings is 2. The van der Waals surface area contributed by atoms with Crippen molar-refractivity contribution in [3.63, 3.8) is 0 Å². The summed E-state index contributed by atoms with van der Waals surface area (Å²) in [5.41, 5.74) is 1.62. The summed E-state index contributed by atoms with van der Waals surface area (Å²) in [6.45, 7) is 1.67. The highest BCUT2D eigenvalue weighted by Crippen LogP contribution is 2.29. The predicted molar refractivity (Wildman–Crippen MR) is 82.7 cm³/mol. The van der Waals surface area contributed by atoms with Gasteiger partial charge in [-0.3, -0.25) is 14.5 Å². The van der Waals surface area contributed by atoms with Crippen LogP contribution in [0.5, 0.6) is 0 Å². The Hall–Kier alpha value is -2.95. The van der Waals surface area contributed by atoms with Crippen molar-refractivity contribution in [1.82, 2.24) is 4.90 Å². The molecule has 2 aromatic carbocycles. The van der Waals surface area contributed by atoms with E-state index in [1.807, 2.05) is 6.92 Å². The van der Waals surface area contributed by atoms with E-state index in [4.69, 9.17) is 0 Å². The Kier molecular flexibility index (Phi) is 3.70. The van der Waals surface area contributed by atoms with Crippen LogP contribution in [0.4, 0.5) is 4.39 Å². The van der Waals surface area contributed by atoms with Crippen LogP contribution >= 0.6 is 0 Å². The van der Waals surface area contributed by atoms with Gasteiger partial charge in [0, 0.05) is 5.56 Å². The van der Waals surface area contributed by atoms with Crippen molar-refractivity contribution >= 4 is 17.4 Å². The second-order valence-corrected chi connectivity index (χ2v) is 5.38. The molecule has 0 saturated heterocycles. The Bertz CT molecular complexity index is 824. The van der Waals surface area contributed by atoms with E-state index in [0.29, 0.717) is 5.56 Å². The van der Waals surface area contributed by atoms with Gasteiger partial charge in [0.15, 0.2) is 5.76 Å². The Morgan fingerprint density at radius 3 is 2.30 bits per heavy atom. The molecule has 0 aromatic heterocycles.